The van der Waals surface area contributed by atoms with Crippen molar-refractivity contribution in [2.24, 2.45) is 5.73 Å². The largest absolute Gasteiger partial charge is 0.377 e. The lowest BCUT2D eigenvalue weighted by Gasteiger charge is -2.42. The Morgan fingerprint density at radius 2 is 1.73 bits per heavy atom. The number of nitrogens with one attached hydrogen (secondary N) is 3. The zero-order valence-corrected chi connectivity index (χ0v) is 24.9. The highest BCUT2D eigenvalue weighted by atomic mass is 19.1. The van der Waals surface area contributed by atoms with Crippen LogP contribution in [0.5, 0.6) is 0 Å². The number of likely N-dealkylation sites (N-methyl/N-ethyl adjacent to an activating group) is 1. The van der Waals surface area contributed by atoms with Crippen molar-refractivity contribution in [3.8, 4) is 11.3 Å². The minimum Gasteiger partial charge on any atom is -0.377 e. The van der Waals surface area contributed by atoms with Gasteiger partial charge in [-0.2, -0.15) is 0 Å². The van der Waals surface area contributed by atoms with E-state index in [9.17, 15) is 9.18 Å². The van der Waals surface area contributed by atoms with Gasteiger partial charge in [0.2, 0.25) is 0 Å². The molecule has 0 aliphatic carbocycles. The van der Waals surface area contributed by atoms with E-state index in [1.807, 2.05) is 12.1 Å². The molecule has 0 bridgehead atoms. The molecule has 11 nitrogen and oxygen atoms in total. The molecule has 230 valence electrons. The number of anilines is 4. The summed E-state index contributed by atoms with van der Waals surface area (Å²) in [6.45, 7) is 7.72. The first-order valence-corrected chi connectivity index (χ1v) is 15.3. The van der Waals surface area contributed by atoms with Crippen molar-refractivity contribution in [1.82, 2.24) is 24.8 Å². The number of hydrogen-bond acceptors (Lipinski definition) is 9. The third-order valence-corrected chi connectivity index (χ3v) is 9.05. The summed E-state index contributed by atoms with van der Waals surface area (Å²) < 4.78 is 19.8. The van der Waals surface area contributed by atoms with Gasteiger partial charge in [-0.25, -0.2) is 14.4 Å². The molecular weight excluding hydrogens is 561 g/mol. The van der Waals surface area contributed by atoms with Crippen molar-refractivity contribution in [1.29, 1.82) is 0 Å². The summed E-state index contributed by atoms with van der Waals surface area (Å²) in [5.74, 6) is -0.385. The molecule has 3 saturated heterocycles. The zero-order chi connectivity index (χ0) is 30.2. The normalized spacial score (nSPS) is 18.8. The second-order valence-electron chi connectivity index (χ2n) is 12.0. The van der Waals surface area contributed by atoms with Gasteiger partial charge in [0.05, 0.1) is 24.8 Å². The molecule has 5 N–H and O–H groups in total. The summed E-state index contributed by atoms with van der Waals surface area (Å²) in [6.07, 6.45) is 4.00. The number of rotatable bonds is 8. The maximum absolute atomic E-state index is 14.5. The molecule has 0 spiro atoms. The second kappa shape index (κ2) is 12.0. The second-order valence-corrected chi connectivity index (χ2v) is 12.0. The highest BCUT2D eigenvalue weighted by molar-refractivity contribution is 6.01. The van der Waals surface area contributed by atoms with E-state index in [1.165, 1.54) is 24.6 Å². The number of aromatic amines is 1. The predicted octanol–water partition coefficient (Wildman–Crippen LogP) is 3.63. The molecule has 3 aliphatic rings. The van der Waals surface area contributed by atoms with E-state index >= 15 is 0 Å². The van der Waals surface area contributed by atoms with E-state index in [1.54, 1.807) is 18.3 Å². The first kappa shape index (κ1) is 28.5. The lowest BCUT2D eigenvalue weighted by molar-refractivity contribution is 0.0209. The smallest absolute Gasteiger partial charge is 0.271 e. The Hall–Kier alpha value is -4.26. The van der Waals surface area contributed by atoms with Crippen molar-refractivity contribution in [2.45, 2.75) is 24.9 Å². The average Bonchev–Trinajstić information content (AvgIpc) is 3.52. The van der Waals surface area contributed by atoms with E-state index in [2.05, 4.69) is 49.5 Å². The fourth-order valence-corrected chi connectivity index (χ4v) is 6.39. The van der Waals surface area contributed by atoms with E-state index in [0.717, 1.165) is 45.0 Å². The number of nitrogens with two attached hydrogens (primary N) is 1. The van der Waals surface area contributed by atoms with Crippen LogP contribution in [-0.4, -0.2) is 102 Å². The van der Waals surface area contributed by atoms with Crippen LogP contribution in [0.1, 0.15) is 23.3 Å². The lowest BCUT2D eigenvalue weighted by Crippen LogP contribution is -2.52. The SMILES string of the molecule is CN1CCN(C2CCN(c3ccc(Nc4nc(NC5COC5)c(-c5ccc(F)c6[nH]ccc56)nc4C(N)=O)cc3)CC2)CC1. The van der Waals surface area contributed by atoms with Crippen LogP contribution >= 0.6 is 0 Å². The summed E-state index contributed by atoms with van der Waals surface area (Å²) in [5, 5.41) is 7.28. The molecule has 0 saturated carbocycles. The van der Waals surface area contributed by atoms with Crippen LogP contribution in [0.2, 0.25) is 0 Å². The Morgan fingerprint density at radius 1 is 0.977 bits per heavy atom. The van der Waals surface area contributed by atoms with Gasteiger partial charge in [-0.1, -0.05) is 0 Å². The van der Waals surface area contributed by atoms with Gasteiger partial charge in [0.25, 0.3) is 5.91 Å². The van der Waals surface area contributed by atoms with Crippen LogP contribution in [0.25, 0.3) is 22.2 Å². The van der Waals surface area contributed by atoms with Crippen molar-refractivity contribution < 1.29 is 13.9 Å². The van der Waals surface area contributed by atoms with Gasteiger partial charge in [-0.15, -0.1) is 0 Å². The molecular formula is C32H38FN9O2. The Morgan fingerprint density at radius 3 is 2.41 bits per heavy atom. The summed E-state index contributed by atoms with van der Waals surface area (Å²) >= 11 is 0. The monoisotopic (exact) mass is 599 g/mol. The number of benzene rings is 2. The van der Waals surface area contributed by atoms with Gasteiger partial charge in [0.1, 0.15) is 11.5 Å². The number of nitrogens with zero attached hydrogens (tertiary/aromatic N) is 5. The average molecular weight is 600 g/mol. The number of aromatic nitrogens is 3. The number of piperazine rings is 1. The van der Waals surface area contributed by atoms with Crippen molar-refractivity contribution in [3.05, 3.63) is 60.2 Å². The highest BCUT2D eigenvalue weighted by Gasteiger charge is 2.28. The highest BCUT2D eigenvalue weighted by Crippen LogP contribution is 2.35. The maximum Gasteiger partial charge on any atom is 0.271 e. The molecule has 12 heteroatoms. The van der Waals surface area contributed by atoms with Gasteiger partial charge in [0.15, 0.2) is 17.3 Å². The fourth-order valence-electron chi connectivity index (χ4n) is 6.39. The first-order chi connectivity index (χ1) is 21.4. The number of carbonyl (C=O) groups excluding carboxylic acids is 1. The molecule has 5 heterocycles. The van der Waals surface area contributed by atoms with E-state index in [0.29, 0.717) is 47.2 Å². The number of carbonyl (C=O) groups is 1. The van der Waals surface area contributed by atoms with Crippen molar-refractivity contribution in [3.63, 3.8) is 0 Å². The number of H-pyrrole nitrogens is 1. The Kier molecular flexibility index (Phi) is 7.79. The van der Waals surface area contributed by atoms with Crippen molar-refractivity contribution in [2.75, 3.05) is 75.1 Å². The van der Waals surface area contributed by atoms with Gasteiger partial charge in [-0.3, -0.25) is 9.69 Å². The quantitative estimate of drug-likeness (QED) is 0.240. The number of piperidine rings is 1. The Bertz CT molecular complexity index is 1640. The maximum atomic E-state index is 14.5. The van der Waals surface area contributed by atoms with E-state index in [4.69, 9.17) is 20.4 Å². The van der Waals surface area contributed by atoms with Crippen LogP contribution in [0.4, 0.5) is 27.4 Å². The number of amides is 1. The molecule has 3 aliphatic heterocycles. The van der Waals surface area contributed by atoms with Crippen LogP contribution < -0.4 is 21.3 Å². The molecule has 0 radical (unpaired) electrons. The van der Waals surface area contributed by atoms with Crippen molar-refractivity contribution >= 4 is 39.8 Å². The molecule has 1 amide bonds. The topological polar surface area (TPSA) is 128 Å². The number of primary amides is 1. The van der Waals surface area contributed by atoms with E-state index < -0.39 is 5.91 Å². The molecule has 0 atom stereocenters. The van der Waals surface area contributed by atoms with Gasteiger partial charge in [0, 0.05) is 73.8 Å². The predicted molar refractivity (Wildman–Crippen MR) is 170 cm³/mol. The first-order valence-electron chi connectivity index (χ1n) is 15.3. The van der Waals surface area contributed by atoms with Gasteiger partial charge in [-0.05, 0) is 62.4 Å². The molecule has 4 aromatic rings. The van der Waals surface area contributed by atoms with Crippen LogP contribution in [0.3, 0.4) is 0 Å². The van der Waals surface area contributed by atoms with Crippen LogP contribution in [0.15, 0.2) is 48.7 Å². The Balaban J connectivity index is 1.12. The van der Waals surface area contributed by atoms with Gasteiger partial charge >= 0.3 is 0 Å². The molecule has 2 aromatic carbocycles. The summed E-state index contributed by atoms with van der Waals surface area (Å²) in [5.41, 5.74) is 9.14. The summed E-state index contributed by atoms with van der Waals surface area (Å²) in [4.78, 5) is 32.6. The fraction of sp³-hybridized carbons (Fsp3) is 0.406. The summed E-state index contributed by atoms with van der Waals surface area (Å²) in [7, 11) is 2.20. The third kappa shape index (κ3) is 5.68. The minimum atomic E-state index is -0.716. The number of halogens is 1. The molecule has 44 heavy (non-hydrogen) atoms. The molecule has 0 unspecified atom stereocenters. The third-order valence-electron chi connectivity index (χ3n) is 9.05. The van der Waals surface area contributed by atoms with Crippen LogP contribution in [0, 0.1) is 5.82 Å². The standard InChI is InChI=1S/C32H38FN9O2/c1-40-14-16-42(17-15-40)23-9-12-41(13-10-23)22-4-2-20(3-5-22)36-32-29(30(34)43)38-28(31(39-32)37-21-18-44-19-21)24-6-7-26(33)27-25(24)8-11-35-27/h2-8,11,21,23,35H,9-10,12-19H2,1H3,(H2,34,43)(H2,36,37,39). The molecule has 2 aromatic heterocycles. The minimum absolute atomic E-state index is 0.00141. The molecule has 7 rings (SSSR count). The number of hydrogen-bond donors (Lipinski definition) is 4. The Labute approximate surface area is 255 Å². The molecule has 3 fully saturated rings. The van der Waals surface area contributed by atoms with Crippen LogP contribution in [-0.2, 0) is 4.74 Å². The lowest BCUT2D eigenvalue weighted by atomic mass is 10.0. The number of ether oxygens (including phenoxy) is 1. The van der Waals surface area contributed by atoms with Gasteiger partial charge < -0.3 is 35.9 Å². The van der Waals surface area contributed by atoms with E-state index in [-0.39, 0.29) is 23.4 Å². The number of fused-ring (bicyclic) bond motifs is 1. The zero-order valence-electron chi connectivity index (χ0n) is 24.9. The summed E-state index contributed by atoms with van der Waals surface area (Å²) in [6, 6.07) is 13.6.